The SMILES string of the molecule is CS(=O)(=O)CCNc1nc[nH]c(=O)c1Cl. The molecule has 0 aliphatic heterocycles. The molecule has 1 aromatic heterocycles. The Hall–Kier alpha value is -1.08. The molecule has 0 atom stereocenters. The molecular formula is C7H10ClN3O3S. The molecule has 0 aliphatic carbocycles. The van der Waals surface area contributed by atoms with E-state index in [-0.39, 0.29) is 23.1 Å². The number of nitrogens with zero attached hydrogens (tertiary/aromatic N) is 1. The van der Waals surface area contributed by atoms with Crippen LogP contribution in [0.4, 0.5) is 5.82 Å². The Balaban J connectivity index is 2.67. The average Bonchev–Trinajstić information content (AvgIpc) is 2.10. The normalized spacial score (nSPS) is 11.3. The molecule has 1 rings (SSSR count). The average molecular weight is 252 g/mol. The molecule has 0 aromatic carbocycles. The van der Waals surface area contributed by atoms with Gasteiger partial charge in [-0.25, -0.2) is 13.4 Å². The summed E-state index contributed by atoms with van der Waals surface area (Å²) in [6, 6.07) is 0. The monoisotopic (exact) mass is 251 g/mol. The van der Waals surface area contributed by atoms with Crippen molar-refractivity contribution < 1.29 is 8.42 Å². The summed E-state index contributed by atoms with van der Waals surface area (Å²) in [5.74, 6) is 0.140. The van der Waals surface area contributed by atoms with Crippen LogP contribution in [0.3, 0.4) is 0 Å². The second-order valence-electron chi connectivity index (χ2n) is 2.95. The highest BCUT2D eigenvalue weighted by Gasteiger charge is 2.06. The van der Waals surface area contributed by atoms with Crippen LogP contribution in [0.2, 0.25) is 5.02 Å². The summed E-state index contributed by atoms with van der Waals surface area (Å²) >= 11 is 5.63. The zero-order chi connectivity index (χ0) is 11.5. The van der Waals surface area contributed by atoms with Crippen molar-refractivity contribution in [1.82, 2.24) is 9.97 Å². The minimum absolute atomic E-state index is 0.0438. The Morgan fingerprint density at radius 1 is 1.60 bits per heavy atom. The van der Waals surface area contributed by atoms with Crippen LogP contribution in [-0.2, 0) is 9.84 Å². The second kappa shape index (κ2) is 4.63. The van der Waals surface area contributed by atoms with E-state index in [1.165, 1.54) is 6.33 Å². The van der Waals surface area contributed by atoms with Crippen molar-refractivity contribution in [2.45, 2.75) is 0 Å². The third-order valence-corrected chi connectivity index (χ3v) is 2.86. The molecule has 0 saturated carbocycles. The van der Waals surface area contributed by atoms with Crippen molar-refractivity contribution in [2.75, 3.05) is 23.9 Å². The Kier molecular flexibility index (Phi) is 3.70. The van der Waals surface area contributed by atoms with E-state index < -0.39 is 15.4 Å². The number of anilines is 1. The molecule has 1 aromatic rings. The molecule has 0 radical (unpaired) electrons. The third kappa shape index (κ3) is 3.88. The molecular weight excluding hydrogens is 242 g/mol. The molecule has 15 heavy (non-hydrogen) atoms. The van der Waals surface area contributed by atoms with E-state index in [0.717, 1.165) is 6.26 Å². The van der Waals surface area contributed by atoms with Gasteiger partial charge in [0.1, 0.15) is 14.9 Å². The maximum absolute atomic E-state index is 11.0. The molecule has 2 N–H and O–H groups in total. The Morgan fingerprint density at radius 3 is 2.87 bits per heavy atom. The van der Waals surface area contributed by atoms with Gasteiger partial charge in [-0.2, -0.15) is 0 Å². The summed E-state index contributed by atoms with van der Waals surface area (Å²) in [5, 5.41) is 2.59. The lowest BCUT2D eigenvalue weighted by Crippen LogP contribution is -2.17. The molecule has 0 bridgehead atoms. The van der Waals surface area contributed by atoms with E-state index in [4.69, 9.17) is 11.6 Å². The van der Waals surface area contributed by atoms with Crippen molar-refractivity contribution in [3.8, 4) is 0 Å². The zero-order valence-corrected chi connectivity index (χ0v) is 9.52. The van der Waals surface area contributed by atoms with Crippen LogP contribution in [0, 0.1) is 0 Å². The fraction of sp³-hybridized carbons (Fsp3) is 0.429. The van der Waals surface area contributed by atoms with Crippen molar-refractivity contribution in [2.24, 2.45) is 0 Å². The lowest BCUT2D eigenvalue weighted by atomic mass is 10.5. The molecule has 0 fully saturated rings. The third-order valence-electron chi connectivity index (χ3n) is 1.56. The van der Waals surface area contributed by atoms with Crippen LogP contribution in [0.1, 0.15) is 0 Å². The van der Waals surface area contributed by atoms with E-state index >= 15 is 0 Å². The van der Waals surface area contributed by atoms with Crippen LogP contribution in [0.25, 0.3) is 0 Å². The van der Waals surface area contributed by atoms with Crippen LogP contribution in [0.15, 0.2) is 11.1 Å². The van der Waals surface area contributed by atoms with E-state index in [2.05, 4.69) is 15.3 Å². The number of sulfone groups is 1. The van der Waals surface area contributed by atoms with Gasteiger partial charge in [0, 0.05) is 12.8 Å². The molecule has 8 heteroatoms. The summed E-state index contributed by atoms with van der Waals surface area (Å²) in [7, 11) is -3.04. The van der Waals surface area contributed by atoms with Crippen LogP contribution >= 0.6 is 11.6 Å². The number of hydrogen-bond acceptors (Lipinski definition) is 5. The molecule has 0 unspecified atom stereocenters. The standard InChI is InChI=1S/C7H10ClN3O3S/c1-15(13,14)3-2-9-6-5(8)7(12)11-4-10-6/h4H,2-3H2,1H3,(H2,9,10,11,12). The first kappa shape index (κ1) is 12.0. The van der Waals surface area contributed by atoms with Gasteiger partial charge in [0.15, 0.2) is 5.82 Å². The first-order valence-electron chi connectivity index (χ1n) is 4.05. The smallest absolute Gasteiger partial charge is 0.271 e. The predicted molar refractivity (Wildman–Crippen MR) is 58.1 cm³/mol. The van der Waals surface area contributed by atoms with Gasteiger partial charge in [-0.1, -0.05) is 11.6 Å². The number of aromatic nitrogens is 2. The van der Waals surface area contributed by atoms with Gasteiger partial charge in [-0.3, -0.25) is 4.79 Å². The minimum Gasteiger partial charge on any atom is -0.368 e. The van der Waals surface area contributed by atoms with E-state index in [9.17, 15) is 13.2 Å². The summed E-state index contributed by atoms with van der Waals surface area (Å²) in [4.78, 5) is 17.1. The highest BCUT2D eigenvalue weighted by molar-refractivity contribution is 7.90. The van der Waals surface area contributed by atoms with Crippen LogP contribution < -0.4 is 10.9 Å². The minimum atomic E-state index is -3.04. The van der Waals surface area contributed by atoms with Crippen LogP contribution in [0.5, 0.6) is 0 Å². The number of H-pyrrole nitrogens is 1. The number of halogens is 1. The zero-order valence-electron chi connectivity index (χ0n) is 7.95. The Bertz CT molecular complexity index is 496. The Labute approximate surface area is 91.6 Å². The number of aromatic amines is 1. The number of nitrogens with one attached hydrogen (secondary N) is 2. The van der Waals surface area contributed by atoms with Crippen molar-refractivity contribution in [3.63, 3.8) is 0 Å². The summed E-state index contributed by atoms with van der Waals surface area (Å²) in [6.45, 7) is 0.162. The quantitative estimate of drug-likeness (QED) is 0.778. The number of hydrogen-bond donors (Lipinski definition) is 2. The highest BCUT2D eigenvalue weighted by Crippen LogP contribution is 2.11. The highest BCUT2D eigenvalue weighted by atomic mass is 35.5. The second-order valence-corrected chi connectivity index (χ2v) is 5.59. The summed E-state index contributed by atoms with van der Waals surface area (Å²) in [5.41, 5.74) is -0.464. The molecule has 0 aliphatic rings. The predicted octanol–water partition coefficient (Wildman–Crippen LogP) is -0.120. The molecule has 1 heterocycles. The van der Waals surface area contributed by atoms with Crippen molar-refractivity contribution in [1.29, 1.82) is 0 Å². The topological polar surface area (TPSA) is 91.9 Å². The maximum atomic E-state index is 11.0. The van der Waals surface area contributed by atoms with Gasteiger partial charge in [-0.15, -0.1) is 0 Å². The largest absolute Gasteiger partial charge is 0.368 e. The molecule has 0 spiro atoms. The summed E-state index contributed by atoms with van der Waals surface area (Å²) in [6.07, 6.45) is 2.32. The van der Waals surface area contributed by atoms with Gasteiger partial charge < -0.3 is 10.3 Å². The lowest BCUT2D eigenvalue weighted by molar-refractivity contribution is 0.602. The van der Waals surface area contributed by atoms with Crippen LogP contribution in [-0.4, -0.2) is 36.9 Å². The van der Waals surface area contributed by atoms with Gasteiger partial charge in [-0.05, 0) is 0 Å². The molecule has 6 nitrogen and oxygen atoms in total. The van der Waals surface area contributed by atoms with E-state index in [1.807, 2.05) is 0 Å². The van der Waals surface area contributed by atoms with Gasteiger partial charge in [0.25, 0.3) is 5.56 Å². The molecule has 84 valence electrons. The summed E-state index contributed by atoms with van der Waals surface area (Å²) < 4.78 is 21.6. The van der Waals surface area contributed by atoms with Crippen molar-refractivity contribution in [3.05, 3.63) is 21.7 Å². The first-order chi connectivity index (χ1) is 6.90. The number of rotatable bonds is 4. The van der Waals surface area contributed by atoms with E-state index in [1.54, 1.807) is 0 Å². The van der Waals surface area contributed by atoms with Crippen molar-refractivity contribution >= 4 is 27.3 Å². The maximum Gasteiger partial charge on any atom is 0.271 e. The molecule has 0 saturated heterocycles. The molecule has 0 amide bonds. The lowest BCUT2D eigenvalue weighted by Gasteiger charge is -2.04. The van der Waals surface area contributed by atoms with Gasteiger partial charge >= 0.3 is 0 Å². The Morgan fingerprint density at radius 2 is 2.27 bits per heavy atom. The van der Waals surface area contributed by atoms with Gasteiger partial charge in [0.2, 0.25) is 0 Å². The fourth-order valence-corrected chi connectivity index (χ4v) is 1.50. The van der Waals surface area contributed by atoms with Gasteiger partial charge in [0.05, 0.1) is 12.1 Å². The fourth-order valence-electron chi connectivity index (χ4n) is 0.861. The first-order valence-corrected chi connectivity index (χ1v) is 6.49. The van der Waals surface area contributed by atoms with E-state index in [0.29, 0.717) is 0 Å².